The molecule has 0 bridgehead atoms. The van der Waals surface area contributed by atoms with Crippen molar-refractivity contribution >= 4 is 53.2 Å². The Balaban J connectivity index is 2.03. The third-order valence-corrected chi connectivity index (χ3v) is 7.92. The van der Waals surface area contributed by atoms with Gasteiger partial charge < -0.3 is 0 Å². The van der Waals surface area contributed by atoms with Gasteiger partial charge in [-0.3, -0.25) is 0 Å². The SMILES string of the molecule is O=S(=O)(c1cc(Br)ccc1Br)N1CCC[C@@H]1c1cccs1. The molecule has 0 radical (unpaired) electrons. The summed E-state index contributed by atoms with van der Waals surface area (Å²) in [4.78, 5) is 1.43. The van der Waals surface area contributed by atoms with Crippen molar-refractivity contribution in [3.63, 3.8) is 0 Å². The average Bonchev–Trinajstić information content (AvgIpc) is 3.10. The summed E-state index contributed by atoms with van der Waals surface area (Å²) in [5.41, 5.74) is 0. The molecule has 1 aromatic heterocycles. The monoisotopic (exact) mass is 449 g/mol. The number of sulfonamides is 1. The number of benzene rings is 1. The van der Waals surface area contributed by atoms with E-state index in [0.29, 0.717) is 15.9 Å². The Morgan fingerprint density at radius 2 is 2.05 bits per heavy atom. The molecular formula is C14H13Br2NO2S2. The minimum atomic E-state index is -3.50. The molecule has 2 heterocycles. The maximum absolute atomic E-state index is 13.0. The Bertz CT molecular complexity index is 744. The number of halogens is 2. The van der Waals surface area contributed by atoms with E-state index in [-0.39, 0.29) is 6.04 Å². The van der Waals surface area contributed by atoms with Gasteiger partial charge in [-0.2, -0.15) is 4.31 Å². The van der Waals surface area contributed by atoms with Crippen molar-refractivity contribution in [2.45, 2.75) is 23.8 Å². The molecule has 0 saturated carbocycles. The zero-order valence-corrected chi connectivity index (χ0v) is 15.8. The quantitative estimate of drug-likeness (QED) is 0.673. The first-order chi connectivity index (χ1) is 10.00. The molecule has 112 valence electrons. The zero-order chi connectivity index (χ0) is 15.0. The summed E-state index contributed by atoms with van der Waals surface area (Å²) in [7, 11) is -3.50. The maximum atomic E-state index is 13.0. The first-order valence-corrected chi connectivity index (χ1v) is 10.4. The predicted molar refractivity (Wildman–Crippen MR) is 92.0 cm³/mol. The van der Waals surface area contributed by atoms with E-state index in [2.05, 4.69) is 31.9 Å². The van der Waals surface area contributed by atoms with Crippen LogP contribution in [0.1, 0.15) is 23.8 Å². The molecule has 2 aromatic rings. The lowest BCUT2D eigenvalue weighted by Gasteiger charge is -2.24. The number of hydrogen-bond acceptors (Lipinski definition) is 3. The number of thiophene rings is 1. The summed E-state index contributed by atoms with van der Waals surface area (Å²) in [5, 5.41) is 1.99. The Hall–Kier alpha value is -0.210. The van der Waals surface area contributed by atoms with Crippen LogP contribution in [0.15, 0.2) is 49.6 Å². The molecule has 1 fully saturated rings. The standard InChI is InChI=1S/C14H13Br2NO2S2/c15-10-5-6-11(16)14(9-10)21(18,19)17-7-1-3-12(17)13-4-2-8-20-13/h2,4-6,8-9,12H,1,3,7H2/t12-/m1/s1. The van der Waals surface area contributed by atoms with Gasteiger partial charge in [0.25, 0.3) is 0 Å². The van der Waals surface area contributed by atoms with Gasteiger partial charge in [-0.25, -0.2) is 8.42 Å². The van der Waals surface area contributed by atoms with E-state index in [9.17, 15) is 8.42 Å². The van der Waals surface area contributed by atoms with E-state index < -0.39 is 10.0 Å². The van der Waals surface area contributed by atoms with Crippen LogP contribution in [0.4, 0.5) is 0 Å². The Morgan fingerprint density at radius 1 is 1.24 bits per heavy atom. The van der Waals surface area contributed by atoms with Crippen LogP contribution in [0, 0.1) is 0 Å². The first kappa shape index (κ1) is 15.7. The fourth-order valence-corrected chi connectivity index (χ4v) is 6.67. The van der Waals surface area contributed by atoms with E-state index in [1.807, 2.05) is 23.6 Å². The van der Waals surface area contributed by atoms with Crippen molar-refractivity contribution in [1.29, 1.82) is 0 Å². The molecule has 1 aliphatic heterocycles. The Labute approximate surface area is 145 Å². The fourth-order valence-electron chi connectivity index (χ4n) is 2.59. The van der Waals surface area contributed by atoms with Gasteiger partial charge in [0, 0.05) is 20.4 Å². The molecule has 7 heteroatoms. The summed E-state index contributed by atoms with van der Waals surface area (Å²) < 4.78 is 29.0. The minimum Gasteiger partial charge on any atom is -0.207 e. The molecule has 1 aromatic carbocycles. The van der Waals surface area contributed by atoms with Crippen molar-refractivity contribution in [3.05, 3.63) is 49.5 Å². The van der Waals surface area contributed by atoms with Crippen LogP contribution in [-0.4, -0.2) is 19.3 Å². The molecule has 0 aliphatic carbocycles. The molecule has 1 atom stereocenters. The number of hydrogen-bond donors (Lipinski definition) is 0. The normalized spacial score (nSPS) is 20.0. The molecule has 3 nitrogen and oxygen atoms in total. The van der Waals surface area contributed by atoms with Crippen LogP contribution in [0.5, 0.6) is 0 Å². The average molecular weight is 451 g/mol. The Morgan fingerprint density at radius 3 is 2.76 bits per heavy atom. The van der Waals surface area contributed by atoms with Crippen LogP contribution in [0.2, 0.25) is 0 Å². The fraction of sp³-hybridized carbons (Fsp3) is 0.286. The van der Waals surface area contributed by atoms with Crippen molar-refractivity contribution < 1.29 is 8.42 Å². The third-order valence-electron chi connectivity index (χ3n) is 3.56. The smallest absolute Gasteiger partial charge is 0.207 e. The van der Waals surface area contributed by atoms with E-state index in [4.69, 9.17) is 0 Å². The predicted octanol–water partition coefficient (Wildman–Crippen LogP) is 4.80. The highest BCUT2D eigenvalue weighted by Crippen LogP contribution is 2.40. The van der Waals surface area contributed by atoms with Crippen LogP contribution in [-0.2, 0) is 10.0 Å². The van der Waals surface area contributed by atoms with Gasteiger partial charge in [-0.15, -0.1) is 11.3 Å². The molecule has 0 N–H and O–H groups in total. The lowest BCUT2D eigenvalue weighted by Crippen LogP contribution is -2.30. The first-order valence-electron chi connectivity index (χ1n) is 6.50. The molecule has 0 spiro atoms. The highest BCUT2D eigenvalue weighted by molar-refractivity contribution is 9.11. The lowest BCUT2D eigenvalue weighted by molar-refractivity contribution is 0.400. The van der Waals surface area contributed by atoms with E-state index in [1.165, 1.54) is 0 Å². The summed E-state index contributed by atoms with van der Waals surface area (Å²) in [5.74, 6) is 0. The van der Waals surface area contributed by atoms with E-state index in [0.717, 1.165) is 22.2 Å². The van der Waals surface area contributed by atoms with Crippen molar-refractivity contribution in [3.8, 4) is 0 Å². The summed E-state index contributed by atoms with van der Waals surface area (Å²) in [6.45, 7) is 0.573. The molecule has 1 aliphatic rings. The topological polar surface area (TPSA) is 37.4 Å². The van der Waals surface area contributed by atoms with Gasteiger partial charge in [0.15, 0.2) is 0 Å². The highest BCUT2D eigenvalue weighted by Gasteiger charge is 2.37. The van der Waals surface area contributed by atoms with Crippen LogP contribution in [0.3, 0.4) is 0 Å². The lowest BCUT2D eigenvalue weighted by atomic mass is 10.2. The summed E-state index contributed by atoms with van der Waals surface area (Å²) in [6.07, 6.45) is 1.78. The molecule has 3 rings (SSSR count). The van der Waals surface area contributed by atoms with Gasteiger partial charge in [0.1, 0.15) is 0 Å². The van der Waals surface area contributed by atoms with Crippen LogP contribution >= 0.6 is 43.2 Å². The molecule has 1 saturated heterocycles. The van der Waals surface area contributed by atoms with Gasteiger partial charge in [-0.05, 0) is 58.4 Å². The summed E-state index contributed by atoms with van der Waals surface area (Å²) >= 11 is 8.32. The van der Waals surface area contributed by atoms with Gasteiger partial charge in [0.2, 0.25) is 10.0 Å². The number of rotatable bonds is 3. The summed E-state index contributed by atoms with van der Waals surface area (Å²) in [6, 6.07) is 9.18. The highest BCUT2D eigenvalue weighted by atomic mass is 79.9. The molecule has 0 amide bonds. The molecule has 21 heavy (non-hydrogen) atoms. The van der Waals surface area contributed by atoms with Gasteiger partial charge in [-0.1, -0.05) is 22.0 Å². The van der Waals surface area contributed by atoms with E-state index in [1.54, 1.807) is 27.8 Å². The maximum Gasteiger partial charge on any atom is 0.244 e. The van der Waals surface area contributed by atoms with Crippen molar-refractivity contribution in [2.75, 3.05) is 6.54 Å². The van der Waals surface area contributed by atoms with Crippen LogP contribution in [0.25, 0.3) is 0 Å². The van der Waals surface area contributed by atoms with Gasteiger partial charge in [0.05, 0.1) is 10.9 Å². The van der Waals surface area contributed by atoms with Gasteiger partial charge >= 0.3 is 0 Å². The second-order valence-corrected chi connectivity index (χ2v) is 9.47. The Kier molecular flexibility index (Phi) is 4.57. The molecular weight excluding hydrogens is 438 g/mol. The largest absolute Gasteiger partial charge is 0.244 e. The van der Waals surface area contributed by atoms with E-state index >= 15 is 0 Å². The number of nitrogens with zero attached hydrogens (tertiary/aromatic N) is 1. The van der Waals surface area contributed by atoms with Crippen molar-refractivity contribution in [2.24, 2.45) is 0 Å². The molecule has 0 unspecified atom stereocenters. The van der Waals surface area contributed by atoms with Crippen LogP contribution < -0.4 is 0 Å². The minimum absolute atomic E-state index is 0.0409. The second-order valence-electron chi connectivity index (χ2n) is 4.86. The zero-order valence-electron chi connectivity index (χ0n) is 11.0. The third kappa shape index (κ3) is 2.99. The van der Waals surface area contributed by atoms with Crippen molar-refractivity contribution in [1.82, 2.24) is 4.31 Å². The second kappa shape index (κ2) is 6.12.